The molecule has 3 aromatic rings. The average Bonchev–Trinajstić information content (AvgIpc) is 3.13. The number of halogens is 1. The normalized spacial score (nSPS) is 16.8. The van der Waals surface area contributed by atoms with Crippen LogP contribution in [0.25, 0.3) is 27.7 Å². The molecule has 2 N–H and O–H groups in total. The topological polar surface area (TPSA) is 70.7 Å². The summed E-state index contributed by atoms with van der Waals surface area (Å²) in [5.41, 5.74) is 4.76. The first-order chi connectivity index (χ1) is 13.2. The second-order valence-corrected chi connectivity index (χ2v) is 6.57. The maximum atomic E-state index is 13.2. The van der Waals surface area contributed by atoms with Crippen LogP contribution in [0.3, 0.4) is 0 Å². The molecule has 5 nitrogen and oxygen atoms in total. The summed E-state index contributed by atoms with van der Waals surface area (Å²) in [4.78, 5) is 23.0. The lowest BCUT2D eigenvalue weighted by molar-refractivity contribution is -0.117. The van der Waals surface area contributed by atoms with E-state index in [1.54, 1.807) is 12.3 Å². The number of amides is 1. The molecule has 0 fully saturated rings. The Bertz CT molecular complexity index is 1040. The van der Waals surface area contributed by atoms with Crippen LogP contribution in [-0.2, 0) is 4.79 Å². The van der Waals surface area contributed by atoms with Crippen molar-refractivity contribution in [3.63, 3.8) is 0 Å². The van der Waals surface area contributed by atoms with Gasteiger partial charge in [0, 0.05) is 41.1 Å². The molecule has 0 spiro atoms. The number of carbonyl (C=O) groups excluding carboxylic acids is 1. The van der Waals surface area contributed by atoms with E-state index in [1.807, 2.05) is 12.3 Å². The number of H-pyrrole nitrogens is 1. The van der Waals surface area contributed by atoms with E-state index in [-0.39, 0.29) is 11.9 Å². The first kappa shape index (κ1) is 17.1. The highest BCUT2D eigenvalue weighted by Crippen LogP contribution is 2.36. The molecular formula is C21H19FN4O. The molecule has 1 amide bonds. The summed E-state index contributed by atoms with van der Waals surface area (Å²) in [5.74, 6) is -0.659. The molecule has 3 heterocycles. The van der Waals surface area contributed by atoms with Crippen LogP contribution in [0.15, 0.2) is 55.5 Å². The van der Waals surface area contributed by atoms with E-state index in [0.717, 1.165) is 47.0 Å². The van der Waals surface area contributed by atoms with E-state index < -0.39 is 5.95 Å². The van der Waals surface area contributed by atoms with Gasteiger partial charge in [-0.1, -0.05) is 12.7 Å². The lowest BCUT2D eigenvalue weighted by Crippen LogP contribution is -2.34. The number of allylic oxidation sites excluding steroid dienone is 1. The minimum absolute atomic E-state index is 0.0774. The van der Waals surface area contributed by atoms with Gasteiger partial charge in [-0.05, 0) is 54.7 Å². The van der Waals surface area contributed by atoms with Crippen molar-refractivity contribution in [3.8, 4) is 11.1 Å². The number of aromatic amines is 1. The Morgan fingerprint density at radius 3 is 2.96 bits per heavy atom. The van der Waals surface area contributed by atoms with Gasteiger partial charge in [-0.15, -0.1) is 0 Å². The fourth-order valence-electron chi connectivity index (χ4n) is 3.60. The van der Waals surface area contributed by atoms with Gasteiger partial charge in [-0.3, -0.25) is 4.79 Å². The Kier molecular flexibility index (Phi) is 4.54. The molecule has 6 heteroatoms. The molecule has 4 rings (SSSR count). The number of hydrogen-bond donors (Lipinski definition) is 2. The summed E-state index contributed by atoms with van der Waals surface area (Å²) in [5, 5.41) is 3.97. The second kappa shape index (κ2) is 7.15. The third-order valence-corrected chi connectivity index (χ3v) is 4.86. The molecule has 1 unspecified atom stereocenters. The number of fused-ring (bicyclic) bond motifs is 1. The molecule has 1 aliphatic rings. The van der Waals surface area contributed by atoms with E-state index in [4.69, 9.17) is 0 Å². The van der Waals surface area contributed by atoms with E-state index >= 15 is 0 Å². The van der Waals surface area contributed by atoms with Crippen LogP contribution in [-0.4, -0.2) is 26.9 Å². The molecule has 0 aliphatic heterocycles. The van der Waals surface area contributed by atoms with Crippen molar-refractivity contribution < 1.29 is 9.18 Å². The van der Waals surface area contributed by atoms with Gasteiger partial charge in [0.05, 0.1) is 0 Å². The Balaban J connectivity index is 1.75. The van der Waals surface area contributed by atoms with Crippen LogP contribution in [0, 0.1) is 5.95 Å². The van der Waals surface area contributed by atoms with Gasteiger partial charge in [0.15, 0.2) is 0 Å². The van der Waals surface area contributed by atoms with Gasteiger partial charge in [0.25, 0.3) is 0 Å². The highest BCUT2D eigenvalue weighted by molar-refractivity contribution is 6.01. The number of nitrogens with zero attached hydrogens (tertiary/aromatic N) is 2. The summed E-state index contributed by atoms with van der Waals surface area (Å²) in [7, 11) is 0. The molecule has 0 saturated carbocycles. The number of pyridine rings is 2. The standard InChI is InChI=1S/C21H19FN4O/c1-2-19(27)26-15-5-3-4-13(10-15)16-8-9-23-21-20(16)17(12-25-21)14-6-7-18(22)24-11-14/h2,4,6-9,11-12,15H,1,3,5,10H2,(H,23,25)(H,26,27). The fraction of sp³-hybridized carbons (Fsp3) is 0.190. The summed E-state index contributed by atoms with van der Waals surface area (Å²) >= 11 is 0. The highest BCUT2D eigenvalue weighted by Gasteiger charge is 2.21. The lowest BCUT2D eigenvalue weighted by atomic mass is 9.88. The van der Waals surface area contributed by atoms with Crippen molar-refractivity contribution in [1.29, 1.82) is 0 Å². The number of rotatable bonds is 4. The molecule has 0 bridgehead atoms. The van der Waals surface area contributed by atoms with Gasteiger partial charge >= 0.3 is 0 Å². The zero-order valence-electron chi connectivity index (χ0n) is 14.7. The van der Waals surface area contributed by atoms with E-state index in [1.165, 1.54) is 23.9 Å². The number of carbonyl (C=O) groups is 1. The molecule has 27 heavy (non-hydrogen) atoms. The van der Waals surface area contributed by atoms with Gasteiger partial charge in [0.1, 0.15) is 5.65 Å². The van der Waals surface area contributed by atoms with Crippen molar-refractivity contribution in [3.05, 3.63) is 67.0 Å². The van der Waals surface area contributed by atoms with Crippen LogP contribution in [0.5, 0.6) is 0 Å². The minimum atomic E-state index is -0.507. The van der Waals surface area contributed by atoms with Gasteiger partial charge in [0.2, 0.25) is 11.9 Å². The smallest absolute Gasteiger partial charge is 0.243 e. The van der Waals surface area contributed by atoms with Crippen molar-refractivity contribution in [2.45, 2.75) is 25.3 Å². The van der Waals surface area contributed by atoms with Gasteiger partial charge in [-0.25, -0.2) is 9.97 Å². The largest absolute Gasteiger partial charge is 0.349 e. The lowest BCUT2D eigenvalue weighted by Gasteiger charge is -2.24. The van der Waals surface area contributed by atoms with E-state index in [2.05, 4.69) is 32.9 Å². The Hall–Kier alpha value is -3.28. The third-order valence-electron chi connectivity index (χ3n) is 4.86. The van der Waals surface area contributed by atoms with Crippen molar-refractivity contribution in [2.24, 2.45) is 0 Å². The minimum Gasteiger partial charge on any atom is -0.349 e. The van der Waals surface area contributed by atoms with Crippen LogP contribution in [0.1, 0.15) is 24.8 Å². The second-order valence-electron chi connectivity index (χ2n) is 6.57. The Labute approximate surface area is 156 Å². The maximum absolute atomic E-state index is 13.2. The molecule has 3 aromatic heterocycles. The summed E-state index contributed by atoms with van der Waals surface area (Å²) in [6.07, 6.45) is 11.2. The van der Waals surface area contributed by atoms with Crippen LogP contribution < -0.4 is 5.32 Å². The third kappa shape index (κ3) is 3.38. The fourth-order valence-corrected chi connectivity index (χ4v) is 3.60. The Morgan fingerprint density at radius 2 is 2.19 bits per heavy atom. The first-order valence-electron chi connectivity index (χ1n) is 8.86. The highest BCUT2D eigenvalue weighted by atomic mass is 19.1. The first-order valence-corrected chi connectivity index (χ1v) is 8.86. The van der Waals surface area contributed by atoms with Gasteiger partial charge in [-0.2, -0.15) is 4.39 Å². The Morgan fingerprint density at radius 1 is 1.30 bits per heavy atom. The zero-order chi connectivity index (χ0) is 18.8. The number of nitrogens with one attached hydrogen (secondary N) is 2. The van der Waals surface area contributed by atoms with Crippen molar-refractivity contribution >= 4 is 22.5 Å². The molecule has 0 radical (unpaired) electrons. The van der Waals surface area contributed by atoms with Crippen LogP contribution >= 0.6 is 0 Å². The molecule has 0 saturated heterocycles. The van der Waals surface area contributed by atoms with E-state index in [0.29, 0.717) is 0 Å². The quantitative estimate of drug-likeness (QED) is 0.544. The van der Waals surface area contributed by atoms with Gasteiger partial charge < -0.3 is 10.3 Å². The number of hydrogen-bond acceptors (Lipinski definition) is 3. The predicted molar refractivity (Wildman–Crippen MR) is 103 cm³/mol. The summed E-state index contributed by atoms with van der Waals surface area (Å²) < 4.78 is 13.2. The molecule has 1 atom stereocenters. The SMILES string of the molecule is C=CC(=O)NC1CCC=C(c2ccnc3[nH]cc(-c4ccc(F)nc4)c23)C1. The predicted octanol–water partition coefficient (Wildman–Crippen LogP) is 4.00. The monoisotopic (exact) mass is 362 g/mol. The van der Waals surface area contributed by atoms with Crippen LogP contribution in [0.2, 0.25) is 0 Å². The van der Waals surface area contributed by atoms with Crippen LogP contribution in [0.4, 0.5) is 4.39 Å². The van der Waals surface area contributed by atoms with Crippen molar-refractivity contribution in [2.75, 3.05) is 0 Å². The molecular weight excluding hydrogens is 343 g/mol. The molecule has 0 aromatic carbocycles. The summed E-state index contributed by atoms with van der Waals surface area (Å²) in [6, 6.07) is 5.13. The van der Waals surface area contributed by atoms with E-state index in [9.17, 15) is 9.18 Å². The molecule has 136 valence electrons. The summed E-state index contributed by atoms with van der Waals surface area (Å²) in [6.45, 7) is 3.52. The number of aromatic nitrogens is 3. The molecule has 1 aliphatic carbocycles. The average molecular weight is 362 g/mol. The maximum Gasteiger partial charge on any atom is 0.243 e. The zero-order valence-corrected chi connectivity index (χ0v) is 14.7. The van der Waals surface area contributed by atoms with Crippen molar-refractivity contribution in [1.82, 2.24) is 20.3 Å².